The minimum absolute atomic E-state index is 0. The molecule has 0 unspecified atom stereocenters. The molecule has 0 aliphatic carbocycles. The Morgan fingerprint density at radius 1 is 1.16 bits per heavy atom. The van der Waals surface area contributed by atoms with E-state index in [-0.39, 0.29) is 24.0 Å². The van der Waals surface area contributed by atoms with Crippen molar-refractivity contribution in [3.8, 4) is 0 Å². The lowest BCUT2D eigenvalue weighted by atomic mass is 10.0. The van der Waals surface area contributed by atoms with Gasteiger partial charge in [-0.15, -0.1) is 24.0 Å². The van der Waals surface area contributed by atoms with Gasteiger partial charge in [0.05, 0.1) is 6.54 Å². The summed E-state index contributed by atoms with van der Waals surface area (Å²) in [6.07, 6.45) is 5.92. The van der Waals surface area contributed by atoms with Crippen LogP contribution in [0.5, 0.6) is 0 Å². The summed E-state index contributed by atoms with van der Waals surface area (Å²) in [7, 11) is 1.80. The summed E-state index contributed by atoms with van der Waals surface area (Å²) in [5.41, 5.74) is 2.79. The second-order valence-electron chi connectivity index (χ2n) is 6.19. The number of guanidine groups is 1. The van der Waals surface area contributed by atoms with Crippen LogP contribution in [0.4, 0.5) is 0 Å². The maximum absolute atomic E-state index is 4.25. The average molecular weight is 455 g/mol. The molecule has 0 radical (unpaired) electrons. The summed E-state index contributed by atoms with van der Waals surface area (Å²) < 4.78 is 1.90. The number of nitrogens with one attached hydrogen (secondary N) is 2. The summed E-state index contributed by atoms with van der Waals surface area (Å²) in [5.74, 6) is 1.44. The fourth-order valence-corrected chi connectivity index (χ4v) is 2.51. The number of halogens is 1. The van der Waals surface area contributed by atoms with Gasteiger partial charge in [-0.1, -0.05) is 38.1 Å². The molecule has 1 heterocycles. The molecule has 0 fully saturated rings. The van der Waals surface area contributed by atoms with E-state index in [9.17, 15) is 0 Å². The number of hydrogen-bond acceptors (Lipinski definition) is 2. The van der Waals surface area contributed by atoms with Crippen LogP contribution in [0.25, 0.3) is 0 Å². The van der Waals surface area contributed by atoms with Crippen molar-refractivity contribution in [1.82, 2.24) is 20.4 Å². The predicted molar refractivity (Wildman–Crippen MR) is 116 cm³/mol. The summed E-state index contributed by atoms with van der Waals surface area (Å²) in [5, 5.41) is 10.8. The molecule has 0 aliphatic rings. The van der Waals surface area contributed by atoms with Gasteiger partial charge >= 0.3 is 0 Å². The second kappa shape index (κ2) is 11.9. The molecule has 0 aliphatic heterocycles. The van der Waals surface area contributed by atoms with E-state index < -0.39 is 0 Å². The largest absolute Gasteiger partial charge is 0.356 e. The molecular weight excluding hydrogens is 425 g/mol. The highest BCUT2D eigenvalue weighted by Crippen LogP contribution is 2.15. The standard InChI is InChI=1S/C19H29N5.HI/c1-16(2)18-9-7-17(8-10-18)6-4-11-21-19(20-3)22-13-15-24-14-5-12-23-24;/h5,7-10,12,14,16H,4,6,11,13,15H2,1-3H3,(H2,20,21,22);1H. The molecule has 138 valence electrons. The minimum atomic E-state index is 0. The van der Waals surface area contributed by atoms with Crippen LogP contribution in [-0.2, 0) is 13.0 Å². The molecule has 0 saturated heterocycles. The zero-order valence-electron chi connectivity index (χ0n) is 15.4. The molecule has 6 heteroatoms. The van der Waals surface area contributed by atoms with Crippen molar-refractivity contribution in [2.24, 2.45) is 4.99 Å². The highest BCUT2D eigenvalue weighted by Gasteiger charge is 2.00. The summed E-state index contributed by atoms with van der Waals surface area (Å²) >= 11 is 0. The highest BCUT2D eigenvalue weighted by atomic mass is 127. The van der Waals surface area contributed by atoms with E-state index in [1.54, 1.807) is 13.2 Å². The lowest BCUT2D eigenvalue weighted by Crippen LogP contribution is -2.39. The van der Waals surface area contributed by atoms with Crippen molar-refractivity contribution in [3.63, 3.8) is 0 Å². The number of hydrogen-bond donors (Lipinski definition) is 2. The summed E-state index contributed by atoms with van der Waals surface area (Å²) in [6, 6.07) is 10.9. The zero-order valence-corrected chi connectivity index (χ0v) is 17.7. The fraction of sp³-hybridized carbons (Fsp3) is 0.474. The van der Waals surface area contributed by atoms with Gasteiger partial charge in [-0.05, 0) is 36.0 Å². The fourth-order valence-electron chi connectivity index (χ4n) is 2.51. The first-order valence-electron chi connectivity index (χ1n) is 8.70. The number of benzene rings is 1. The molecule has 2 aromatic rings. The minimum Gasteiger partial charge on any atom is -0.356 e. The Labute approximate surface area is 168 Å². The Morgan fingerprint density at radius 2 is 1.88 bits per heavy atom. The third-order valence-corrected chi connectivity index (χ3v) is 4.00. The summed E-state index contributed by atoms with van der Waals surface area (Å²) in [6.45, 7) is 7.00. The molecule has 0 saturated carbocycles. The van der Waals surface area contributed by atoms with Crippen molar-refractivity contribution in [2.45, 2.75) is 39.2 Å². The monoisotopic (exact) mass is 455 g/mol. The van der Waals surface area contributed by atoms with Gasteiger partial charge in [0.15, 0.2) is 5.96 Å². The topological polar surface area (TPSA) is 54.2 Å². The van der Waals surface area contributed by atoms with Crippen molar-refractivity contribution < 1.29 is 0 Å². The van der Waals surface area contributed by atoms with Crippen LogP contribution >= 0.6 is 24.0 Å². The van der Waals surface area contributed by atoms with Gasteiger partial charge in [0.1, 0.15) is 0 Å². The van der Waals surface area contributed by atoms with Crippen molar-refractivity contribution in [3.05, 3.63) is 53.9 Å². The molecule has 0 amide bonds. The zero-order chi connectivity index (χ0) is 17.2. The molecule has 0 bridgehead atoms. The van der Waals surface area contributed by atoms with E-state index in [2.05, 4.69) is 58.8 Å². The van der Waals surface area contributed by atoms with Crippen LogP contribution in [0.15, 0.2) is 47.7 Å². The average Bonchev–Trinajstić information content (AvgIpc) is 3.10. The Balaban J connectivity index is 0.00000312. The smallest absolute Gasteiger partial charge is 0.191 e. The van der Waals surface area contributed by atoms with Crippen LogP contribution < -0.4 is 10.6 Å². The van der Waals surface area contributed by atoms with Gasteiger partial charge in [-0.25, -0.2) is 0 Å². The number of aromatic nitrogens is 2. The van der Waals surface area contributed by atoms with E-state index in [0.29, 0.717) is 5.92 Å². The number of aryl methyl sites for hydroxylation is 1. The number of aliphatic imine (C=N–C) groups is 1. The van der Waals surface area contributed by atoms with E-state index in [1.165, 1.54) is 11.1 Å². The Hall–Kier alpha value is -1.57. The Kier molecular flexibility index (Phi) is 10.2. The van der Waals surface area contributed by atoms with Gasteiger partial charge in [0.2, 0.25) is 0 Å². The van der Waals surface area contributed by atoms with E-state index in [4.69, 9.17) is 0 Å². The van der Waals surface area contributed by atoms with Crippen LogP contribution in [0.2, 0.25) is 0 Å². The quantitative estimate of drug-likeness (QED) is 0.278. The van der Waals surface area contributed by atoms with Gasteiger partial charge in [0, 0.05) is 32.5 Å². The van der Waals surface area contributed by atoms with Crippen LogP contribution in [0.1, 0.15) is 37.3 Å². The van der Waals surface area contributed by atoms with Crippen LogP contribution in [0, 0.1) is 0 Å². The molecule has 2 N–H and O–H groups in total. The molecule has 1 aromatic carbocycles. The molecular formula is C19H30IN5. The first-order chi connectivity index (χ1) is 11.7. The molecule has 1 aromatic heterocycles. The van der Waals surface area contributed by atoms with E-state index in [1.807, 2.05) is 16.9 Å². The first-order valence-corrected chi connectivity index (χ1v) is 8.70. The van der Waals surface area contributed by atoms with Crippen molar-refractivity contribution >= 4 is 29.9 Å². The summed E-state index contributed by atoms with van der Waals surface area (Å²) in [4.78, 5) is 4.25. The lowest BCUT2D eigenvalue weighted by molar-refractivity contribution is 0.597. The normalized spacial score (nSPS) is 11.3. The first kappa shape index (κ1) is 21.5. The Morgan fingerprint density at radius 3 is 2.48 bits per heavy atom. The molecule has 2 rings (SSSR count). The van der Waals surface area contributed by atoms with Gasteiger partial charge in [0.25, 0.3) is 0 Å². The molecule has 5 nitrogen and oxygen atoms in total. The molecule has 25 heavy (non-hydrogen) atoms. The van der Waals surface area contributed by atoms with E-state index >= 15 is 0 Å². The SMILES string of the molecule is CN=C(NCCCc1ccc(C(C)C)cc1)NCCn1cccn1.I. The van der Waals surface area contributed by atoms with Crippen LogP contribution in [-0.4, -0.2) is 35.9 Å². The molecule has 0 spiro atoms. The van der Waals surface area contributed by atoms with Gasteiger partial charge in [-0.2, -0.15) is 5.10 Å². The van der Waals surface area contributed by atoms with Crippen molar-refractivity contribution in [2.75, 3.05) is 20.1 Å². The maximum atomic E-state index is 4.25. The third-order valence-electron chi connectivity index (χ3n) is 4.00. The third kappa shape index (κ3) is 7.90. The lowest BCUT2D eigenvalue weighted by Gasteiger charge is -2.12. The highest BCUT2D eigenvalue weighted by molar-refractivity contribution is 14.0. The molecule has 0 atom stereocenters. The Bertz CT molecular complexity index is 605. The maximum Gasteiger partial charge on any atom is 0.191 e. The second-order valence-corrected chi connectivity index (χ2v) is 6.19. The number of nitrogens with zero attached hydrogens (tertiary/aromatic N) is 3. The van der Waals surface area contributed by atoms with Crippen molar-refractivity contribution in [1.29, 1.82) is 0 Å². The number of rotatable bonds is 8. The predicted octanol–water partition coefficient (Wildman–Crippen LogP) is 3.42. The van der Waals surface area contributed by atoms with Crippen LogP contribution in [0.3, 0.4) is 0 Å². The van der Waals surface area contributed by atoms with Gasteiger partial charge in [-0.3, -0.25) is 9.67 Å². The van der Waals surface area contributed by atoms with Gasteiger partial charge < -0.3 is 10.6 Å². The van der Waals surface area contributed by atoms with E-state index in [0.717, 1.165) is 38.4 Å².